The van der Waals surface area contributed by atoms with Crippen LogP contribution in [0.15, 0.2) is 42.5 Å². The molecule has 0 aliphatic carbocycles. The molecule has 25 heavy (non-hydrogen) atoms. The van der Waals surface area contributed by atoms with E-state index in [0.717, 1.165) is 43.2 Å². The van der Waals surface area contributed by atoms with E-state index in [0.29, 0.717) is 5.56 Å². The summed E-state index contributed by atoms with van der Waals surface area (Å²) in [6, 6.07) is 10.7. The van der Waals surface area contributed by atoms with Crippen molar-refractivity contribution in [1.82, 2.24) is 4.90 Å². The number of halogens is 2. The highest BCUT2D eigenvalue weighted by atomic mass is 19.1. The molecule has 2 aromatic carbocycles. The minimum atomic E-state index is -0.788. The van der Waals surface area contributed by atoms with Gasteiger partial charge in [0.2, 0.25) is 0 Å². The van der Waals surface area contributed by atoms with Crippen molar-refractivity contribution in [2.24, 2.45) is 5.92 Å². The maximum Gasteiger partial charge on any atom is 0.255 e. The van der Waals surface area contributed by atoms with E-state index in [-0.39, 0.29) is 0 Å². The summed E-state index contributed by atoms with van der Waals surface area (Å²) in [5, 5.41) is 2.30. The van der Waals surface area contributed by atoms with Gasteiger partial charge in [-0.2, -0.15) is 0 Å². The number of nitrogens with one attached hydrogen (secondary N) is 1. The summed E-state index contributed by atoms with van der Waals surface area (Å²) in [5.41, 5.74) is 1.08. The van der Waals surface area contributed by atoms with Crippen LogP contribution in [-0.2, 0) is 6.54 Å². The molecule has 1 heterocycles. The highest BCUT2D eigenvalue weighted by Gasteiger charge is 2.17. The Kier molecular flexibility index (Phi) is 5.43. The van der Waals surface area contributed by atoms with Gasteiger partial charge in [0.1, 0.15) is 17.3 Å². The topological polar surface area (TPSA) is 32.3 Å². The minimum absolute atomic E-state index is 0.374. The molecule has 0 saturated carbocycles. The maximum absolute atomic E-state index is 13.6. The molecule has 0 bridgehead atoms. The number of hydrogen-bond acceptors (Lipinski definition) is 2. The number of para-hydroxylation sites is 1. The van der Waals surface area contributed by atoms with Crippen LogP contribution in [0.4, 0.5) is 14.5 Å². The van der Waals surface area contributed by atoms with Gasteiger partial charge in [-0.05, 0) is 55.1 Å². The monoisotopic (exact) mass is 344 g/mol. The first kappa shape index (κ1) is 17.5. The third kappa shape index (κ3) is 4.42. The van der Waals surface area contributed by atoms with Gasteiger partial charge in [-0.3, -0.25) is 9.69 Å². The third-order valence-corrected chi connectivity index (χ3v) is 4.56. The molecule has 1 fully saturated rings. The van der Waals surface area contributed by atoms with E-state index in [1.165, 1.54) is 18.9 Å². The number of piperidine rings is 1. The second-order valence-electron chi connectivity index (χ2n) is 6.73. The Labute approximate surface area is 146 Å². The second-order valence-corrected chi connectivity index (χ2v) is 6.73. The molecular weight excluding hydrogens is 322 g/mol. The van der Waals surface area contributed by atoms with Crippen molar-refractivity contribution in [2.45, 2.75) is 26.3 Å². The van der Waals surface area contributed by atoms with Crippen molar-refractivity contribution < 1.29 is 13.6 Å². The van der Waals surface area contributed by atoms with Crippen LogP contribution in [0.1, 0.15) is 35.7 Å². The standard InChI is InChI=1S/C20H22F2N2O/c1-14-4-3-11-24(12-14)13-15-7-9-16(10-8-15)20(25)23-19-17(21)5-2-6-18(19)22/h2,5-10,14H,3-4,11-13H2,1H3,(H,23,25)/t14-/m0/s1. The van der Waals surface area contributed by atoms with Crippen molar-refractivity contribution in [3.63, 3.8) is 0 Å². The number of carbonyl (C=O) groups excluding carboxylic acids is 1. The number of rotatable bonds is 4. The molecule has 1 amide bonds. The molecule has 1 aliphatic heterocycles. The summed E-state index contributed by atoms with van der Waals surface area (Å²) in [7, 11) is 0. The van der Waals surface area contributed by atoms with E-state index in [1.54, 1.807) is 12.1 Å². The quantitative estimate of drug-likeness (QED) is 0.889. The lowest BCUT2D eigenvalue weighted by Gasteiger charge is -2.30. The van der Waals surface area contributed by atoms with Crippen LogP contribution in [0.2, 0.25) is 0 Å². The van der Waals surface area contributed by atoms with Crippen LogP contribution in [0.5, 0.6) is 0 Å². The summed E-state index contributed by atoms with van der Waals surface area (Å²) in [5.74, 6) is -1.38. The molecule has 1 aliphatic rings. The lowest BCUT2D eigenvalue weighted by Crippen LogP contribution is -2.33. The third-order valence-electron chi connectivity index (χ3n) is 4.56. The average Bonchev–Trinajstić information content (AvgIpc) is 2.59. The molecule has 1 N–H and O–H groups in total. The van der Waals surface area contributed by atoms with Gasteiger partial charge in [0.25, 0.3) is 5.91 Å². The molecule has 5 heteroatoms. The molecule has 3 rings (SSSR count). The molecule has 3 nitrogen and oxygen atoms in total. The Hall–Kier alpha value is -2.27. The van der Waals surface area contributed by atoms with Crippen molar-refractivity contribution in [1.29, 1.82) is 0 Å². The Morgan fingerprint density at radius 3 is 2.48 bits per heavy atom. The highest BCUT2D eigenvalue weighted by molar-refractivity contribution is 6.04. The summed E-state index contributed by atoms with van der Waals surface area (Å²) in [6.45, 7) is 5.31. The highest BCUT2D eigenvalue weighted by Crippen LogP contribution is 2.20. The van der Waals surface area contributed by atoms with Crippen molar-refractivity contribution >= 4 is 11.6 Å². The van der Waals surface area contributed by atoms with Crippen LogP contribution in [0.25, 0.3) is 0 Å². The lowest BCUT2D eigenvalue weighted by molar-refractivity contribution is 0.102. The Morgan fingerprint density at radius 1 is 1.16 bits per heavy atom. The largest absolute Gasteiger partial charge is 0.317 e. The Morgan fingerprint density at radius 2 is 1.84 bits per heavy atom. The maximum atomic E-state index is 13.6. The van der Waals surface area contributed by atoms with Crippen LogP contribution in [0.3, 0.4) is 0 Å². The van der Waals surface area contributed by atoms with E-state index in [4.69, 9.17) is 0 Å². The first-order chi connectivity index (χ1) is 12.0. The fraction of sp³-hybridized carbons (Fsp3) is 0.350. The van der Waals surface area contributed by atoms with Gasteiger partial charge in [0.15, 0.2) is 0 Å². The van der Waals surface area contributed by atoms with Crippen LogP contribution in [0, 0.1) is 17.6 Å². The van der Waals surface area contributed by atoms with Gasteiger partial charge >= 0.3 is 0 Å². The van der Waals surface area contributed by atoms with Gasteiger partial charge in [-0.15, -0.1) is 0 Å². The predicted octanol–water partition coefficient (Wildman–Crippen LogP) is 4.45. The van der Waals surface area contributed by atoms with Crippen LogP contribution in [-0.4, -0.2) is 23.9 Å². The molecule has 0 radical (unpaired) electrons. The van der Waals surface area contributed by atoms with Gasteiger partial charge in [-0.25, -0.2) is 8.78 Å². The molecule has 0 unspecified atom stereocenters. The van der Waals surface area contributed by atoms with E-state index in [1.807, 2.05) is 12.1 Å². The molecule has 1 atom stereocenters. The minimum Gasteiger partial charge on any atom is -0.317 e. The van der Waals surface area contributed by atoms with Gasteiger partial charge in [0, 0.05) is 18.7 Å². The Bertz CT molecular complexity index is 726. The number of nitrogens with zero attached hydrogens (tertiary/aromatic N) is 1. The first-order valence-electron chi connectivity index (χ1n) is 8.59. The smallest absolute Gasteiger partial charge is 0.255 e. The predicted molar refractivity (Wildman–Crippen MR) is 94.4 cm³/mol. The fourth-order valence-corrected chi connectivity index (χ4v) is 3.25. The summed E-state index contributed by atoms with van der Waals surface area (Å²) in [4.78, 5) is 14.6. The number of anilines is 1. The zero-order valence-electron chi connectivity index (χ0n) is 14.3. The average molecular weight is 344 g/mol. The van der Waals surface area contributed by atoms with Crippen molar-refractivity contribution in [2.75, 3.05) is 18.4 Å². The van der Waals surface area contributed by atoms with Crippen molar-refractivity contribution in [3.05, 3.63) is 65.2 Å². The number of likely N-dealkylation sites (tertiary alicyclic amines) is 1. The molecule has 0 aromatic heterocycles. The summed E-state index contributed by atoms with van der Waals surface area (Å²) < 4.78 is 27.2. The molecule has 132 valence electrons. The van der Waals surface area contributed by atoms with Crippen LogP contribution < -0.4 is 5.32 Å². The second kappa shape index (κ2) is 7.74. The van der Waals surface area contributed by atoms with E-state index >= 15 is 0 Å². The zero-order valence-corrected chi connectivity index (χ0v) is 14.3. The number of benzene rings is 2. The van der Waals surface area contributed by atoms with Gasteiger partial charge in [-0.1, -0.05) is 25.1 Å². The van der Waals surface area contributed by atoms with Gasteiger partial charge in [0.05, 0.1) is 0 Å². The van der Waals surface area contributed by atoms with E-state index < -0.39 is 23.2 Å². The first-order valence-corrected chi connectivity index (χ1v) is 8.59. The van der Waals surface area contributed by atoms with Crippen LogP contribution >= 0.6 is 0 Å². The Balaban J connectivity index is 1.64. The SMILES string of the molecule is C[C@H]1CCCN(Cc2ccc(C(=O)Nc3c(F)cccc3F)cc2)C1. The zero-order chi connectivity index (χ0) is 17.8. The van der Waals surface area contributed by atoms with Crippen molar-refractivity contribution in [3.8, 4) is 0 Å². The van der Waals surface area contributed by atoms with Gasteiger partial charge < -0.3 is 5.32 Å². The van der Waals surface area contributed by atoms with E-state index in [9.17, 15) is 13.6 Å². The number of carbonyl (C=O) groups is 1. The van der Waals surface area contributed by atoms with E-state index in [2.05, 4.69) is 17.1 Å². The molecular formula is C20H22F2N2O. The normalized spacial score (nSPS) is 18.1. The molecule has 0 spiro atoms. The molecule has 2 aromatic rings. The molecule has 1 saturated heterocycles. The lowest BCUT2D eigenvalue weighted by atomic mass is 9.99. The number of hydrogen-bond donors (Lipinski definition) is 1. The number of amides is 1. The fourth-order valence-electron chi connectivity index (χ4n) is 3.25. The summed E-state index contributed by atoms with van der Waals surface area (Å²) in [6.07, 6.45) is 2.50. The summed E-state index contributed by atoms with van der Waals surface area (Å²) >= 11 is 0.